The standard InChI is InChI=1S/C10H9F4N/c1-6-8(11)4-3-5-9(6)15-7(2)10(12,13)14/h3-5H,1-2H3. The Morgan fingerprint density at radius 2 is 1.87 bits per heavy atom. The van der Waals surface area contributed by atoms with E-state index in [2.05, 4.69) is 4.99 Å². The molecule has 0 heterocycles. The number of hydrogen-bond donors (Lipinski definition) is 0. The van der Waals surface area contributed by atoms with Gasteiger partial charge in [0.1, 0.15) is 11.5 Å². The molecule has 0 spiro atoms. The second-order valence-electron chi connectivity index (χ2n) is 3.08. The van der Waals surface area contributed by atoms with Crippen molar-refractivity contribution in [2.24, 2.45) is 4.99 Å². The third-order valence-electron chi connectivity index (χ3n) is 1.94. The second kappa shape index (κ2) is 4.00. The van der Waals surface area contributed by atoms with Crippen LogP contribution in [0.2, 0.25) is 0 Å². The van der Waals surface area contributed by atoms with Crippen LogP contribution in [0.4, 0.5) is 23.2 Å². The van der Waals surface area contributed by atoms with Crippen LogP contribution in [-0.2, 0) is 0 Å². The molecule has 0 aliphatic carbocycles. The Morgan fingerprint density at radius 1 is 1.27 bits per heavy atom. The van der Waals surface area contributed by atoms with E-state index in [1.165, 1.54) is 25.1 Å². The van der Waals surface area contributed by atoms with Crippen molar-refractivity contribution in [1.29, 1.82) is 0 Å². The van der Waals surface area contributed by atoms with Crippen molar-refractivity contribution in [3.05, 3.63) is 29.6 Å². The molecule has 1 rings (SSSR count). The van der Waals surface area contributed by atoms with E-state index in [0.29, 0.717) is 0 Å². The van der Waals surface area contributed by atoms with Crippen molar-refractivity contribution in [2.75, 3.05) is 0 Å². The SMILES string of the molecule is CC(=Nc1cccc(F)c1C)C(F)(F)F. The molecule has 0 amide bonds. The summed E-state index contributed by atoms with van der Waals surface area (Å²) >= 11 is 0. The third-order valence-corrected chi connectivity index (χ3v) is 1.94. The molecule has 1 aromatic rings. The first-order chi connectivity index (χ1) is 6.82. The Balaban J connectivity index is 3.15. The first-order valence-electron chi connectivity index (χ1n) is 4.20. The zero-order valence-electron chi connectivity index (χ0n) is 8.19. The Kier molecular flexibility index (Phi) is 3.12. The van der Waals surface area contributed by atoms with Gasteiger partial charge in [-0.05, 0) is 26.0 Å². The van der Waals surface area contributed by atoms with Gasteiger partial charge in [-0.1, -0.05) is 6.07 Å². The molecular formula is C10H9F4N. The van der Waals surface area contributed by atoms with Crippen LogP contribution in [0.3, 0.4) is 0 Å². The van der Waals surface area contributed by atoms with Crippen molar-refractivity contribution in [1.82, 2.24) is 0 Å². The zero-order valence-corrected chi connectivity index (χ0v) is 8.19. The maximum atomic E-state index is 13.0. The van der Waals surface area contributed by atoms with Crippen molar-refractivity contribution in [3.8, 4) is 0 Å². The number of rotatable bonds is 1. The smallest absolute Gasteiger partial charge is 0.248 e. The minimum absolute atomic E-state index is 0.00447. The fraction of sp³-hybridized carbons (Fsp3) is 0.300. The third kappa shape index (κ3) is 2.78. The zero-order chi connectivity index (χ0) is 11.6. The highest BCUT2D eigenvalue weighted by Gasteiger charge is 2.32. The minimum atomic E-state index is -4.47. The summed E-state index contributed by atoms with van der Waals surface area (Å²) in [5, 5.41) is 0. The highest BCUT2D eigenvalue weighted by atomic mass is 19.4. The van der Waals surface area contributed by atoms with E-state index in [4.69, 9.17) is 0 Å². The molecule has 0 atom stereocenters. The average molecular weight is 219 g/mol. The predicted octanol–water partition coefficient (Wildman–Crippen LogP) is 3.79. The fourth-order valence-corrected chi connectivity index (χ4v) is 0.961. The highest BCUT2D eigenvalue weighted by molar-refractivity contribution is 5.89. The topological polar surface area (TPSA) is 12.4 Å². The van der Waals surface area contributed by atoms with Crippen molar-refractivity contribution in [2.45, 2.75) is 20.0 Å². The van der Waals surface area contributed by atoms with Crippen LogP contribution in [-0.4, -0.2) is 11.9 Å². The maximum Gasteiger partial charge on any atom is 0.429 e. The van der Waals surface area contributed by atoms with E-state index in [1.54, 1.807) is 0 Å². The lowest BCUT2D eigenvalue weighted by Gasteiger charge is -2.06. The van der Waals surface area contributed by atoms with E-state index in [-0.39, 0.29) is 11.3 Å². The summed E-state index contributed by atoms with van der Waals surface area (Å²) in [6.07, 6.45) is -4.47. The molecule has 0 radical (unpaired) electrons. The van der Waals surface area contributed by atoms with Crippen LogP contribution >= 0.6 is 0 Å². The Bertz CT molecular complexity index is 393. The molecule has 0 fully saturated rings. The molecule has 15 heavy (non-hydrogen) atoms. The van der Waals surface area contributed by atoms with Gasteiger partial charge in [0, 0.05) is 5.56 Å². The van der Waals surface area contributed by atoms with Crippen molar-refractivity contribution >= 4 is 11.4 Å². The van der Waals surface area contributed by atoms with E-state index in [9.17, 15) is 17.6 Å². The monoisotopic (exact) mass is 219 g/mol. The first-order valence-corrected chi connectivity index (χ1v) is 4.20. The van der Waals surface area contributed by atoms with Gasteiger partial charge < -0.3 is 0 Å². The largest absolute Gasteiger partial charge is 0.429 e. The highest BCUT2D eigenvalue weighted by Crippen LogP contribution is 2.25. The molecule has 0 N–H and O–H groups in total. The van der Waals surface area contributed by atoms with Gasteiger partial charge in [0.15, 0.2) is 0 Å². The Hall–Kier alpha value is -1.39. The number of aliphatic imine (C=N–C) groups is 1. The predicted molar refractivity (Wildman–Crippen MR) is 50.0 cm³/mol. The van der Waals surface area contributed by atoms with E-state index in [1.807, 2.05) is 0 Å². The van der Waals surface area contributed by atoms with E-state index < -0.39 is 17.7 Å². The summed E-state index contributed by atoms with van der Waals surface area (Å²) in [7, 11) is 0. The van der Waals surface area contributed by atoms with Crippen LogP contribution in [0.5, 0.6) is 0 Å². The van der Waals surface area contributed by atoms with Gasteiger partial charge in [-0.3, -0.25) is 0 Å². The van der Waals surface area contributed by atoms with Crippen molar-refractivity contribution in [3.63, 3.8) is 0 Å². The molecule has 1 aromatic carbocycles. The maximum absolute atomic E-state index is 13.0. The summed E-state index contributed by atoms with van der Waals surface area (Å²) in [5.41, 5.74) is -0.873. The number of hydrogen-bond acceptors (Lipinski definition) is 1. The lowest BCUT2D eigenvalue weighted by Crippen LogP contribution is -2.19. The molecule has 1 nitrogen and oxygen atoms in total. The van der Waals surface area contributed by atoms with Gasteiger partial charge in [-0.15, -0.1) is 0 Å². The number of benzene rings is 1. The van der Waals surface area contributed by atoms with E-state index in [0.717, 1.165) is 6.92 Å². The molecule has 0 aliphatic heterocycles. The number of nitrogens with zero attached hydrogens (tertiary/aromatic N) is 1. The molecule has 0 unspecified atom stereocenters. The average Bonchev–Trinajstić information content (AvgIpc) is 2.11. The lowest BCUT2D eigenvalue weighted by atomic mass is 10.2. The Labute approximate surface area is 84.4 Å². The summed E-state index contributed by atoms with van der Waals surface area (Å²) in [5.74, 6) is -0.564. The molecule has 0 bridgehead atoms. The summed E-state index contributed by atoms with van der Waals surface area (Å²) < 4.78 is 49.4. The quantitative estimate of drug-likeness (QED) is 0.503. The first kappa shape index (κ1) is 11.7. The number of alkyl halides is 3. The molecule has 0 saturated carbocycles. The van der Waals surface area contributed by atoms with Gasteiger partial charge in [-0.25, -0.2) is 9.38 Å². The molecule has 0 aromatic heterocycles. The van der Waals surface area contributed by atoms with Crippen LogP contribution in [0.15, 0.2) is 23.2 Å². The normalized spacial score (nSPS) is 13.1. The molecule has 82 valence electrons. The van der Waals surface area contributed by atoms with Crippen LogP contribution in [0.25, 0.3) is 0 Å². The van der Waals surface area contributed by atoms with Crippen LogP contribution in [0.1, 0.15) is 12.5 Å². The molecule has 5 heteroatoms. The van der Waals surface area contributed by atoms with Crippen LogP contribution in [0, 0.1) is 12.7 Å². The van der Waals surface area contributed by atoms with Gasteiger partial charge in [-0.2, -0.15) is 13.2 Å². The summed E-state index contributed by atoms with van der Waals surface area (Å²) in [6, 6.07) is 3.84. The van der Waals surface area contributed by atoms with Crippen LogP contribution < -0.4 is 0 Å². The second-order valence-corrected chi connectivity index (χ2v) is 3.08. The Morgan fingerprint density at radius 3 is 2.40 bits per heavy atom. The van der Waals surface area contributed by atoms with E-state index >= 15 is 0 Å². The molecule has 0 aliphatic rings. The van der Waals surface area contributed by atoms with Gasteiger partial charge in [0.05, 0.1) is 5.69 Å². The van der Waals surface area contributed by atoms with Crippen molar-refractivity contribution < 1.29 is 17.6 Å². The summed E-state index contributed by atoms with van der Waals surface area (Å²) in [6.45, 7) is 2.24. The lowest BCUT2D eigenvalue weighted by molar-refractivity contribution is -0.0591. The number of halogens is 4. The minimum Gasteiger partial charge on any atom is -0.248 e. The van der Waals surface area contributed by atoms with Gasteiger partial charge >= 0.3 is 6.18 Å². The van der Waals surface area contributed by atoms with Gasteiger partial charge in [0.2, 0.25) is 0 Å². The molecule has 0 saturated heterocycles. The molecular weight excluding hydrogens is 210 g/mol. The van der Waals surface area contributed by atoms with Gasteiger partial charge in [0.25, 0.3) is 0 Å². The fourth-order valence-electron chi connectivity index (χ4n) is 0.961. The summed E-state index contributed by atoms with van der Waals surface area (Å²) in [4.78, 5) is 3.34.